The van der Waals surface area contributed by atoms with Crippen molar-refractivity contribution in [3.8, 4) is 11.5 Å². The minimum atomic E-state index is -0.663. The maximum atomic E-state index is 12.2. The van der Waals surface area contributed by atoms with Gasteiger partial charge in [-0.1, -0.05) is 72.6 Å². The van der Waals surface area contributed by atoms with Crippen molar-refractivity contribution in [1.82, 2.24) is 0 Å². The average Bonchev–Trinajstić information content (AvgIpc) is 2.84. The Balaban J connectivity index is 2.90. The van der Waals surface area contributed by atoms with Gasteiger partial charge in [-0.2, -0.15) is 11.8 Å². The SMILES string of the molecule is CSC(C[C@@](C)(CCC[C@H](C)CCC[C@H](C)CCCC(C)C)OC(C)=O)c1c(C)c(OC(C)=O)c(C)c(C)c1O. The molecule has 4 atom stereocenters. The zero-order chi connectivity index (χ0) is 30.6. The first-order chi connectivity index (χ1) is 18.6. The van der Waals surface area contributed by atoms with Crippen molar-refractivity contribution in [1.29, 1.82) is 0 Å². The van der Waals surface area contributed by atoms with Gasteiger partial charge in [0.2, 0.25) is 0 Å². The van der Waals surface area contributed by atoms with E-state index in [4.69, 9.17) is 9.47 Å². The molecule has 1 unspecified atom stereocenters. The van der Waals surface area contributed by atoms with Crippen LogP contribution in [-0.2, 0) is 14.3 Å². The molecule has 0 aliphatic heterocycles. The van der Waals surface area contributed by atoms with E-state index in [1.165, 1.54) is 52.4 Å². The Bertz CT molecular complexity index is 956. The van der Waals surface area contributed by atoms with E-state index in [2.05, 4.69) is 27.7 Å². The van der Waals surface area contributed by atoms with Crippen LogP contribution in [0.15, 0.2) is 0 Å². The highest BCUT2D eigenvalue weighted by Gasteiger charge is 2.34. The van der Waals surface area contributed by atoms with Crippen LogP contribution in [0.5, 0.6) is 11.5 Å². The molecule has 0 saturated carbocycles. The second kappa shape index (κ2) is 17.3. The van der Waals surface area contributed by atoms with Crippen molar-refractivity contribution in [2.24, 2.45) is 17.8 Å². The molecule has 0 saturated heterocycles. The highest BCUT2D eigenvalue weighted by atomic mass is 32.2. The largest absolute Gasteiger partial charge is 0.507 e. The maximum Gasteiger partial charge on any atom is 0.308 e. The van der Waals surface area contributed by atoms with E-state index >= 15 is 0 Å². The predicted octanol–water partition coefficient (Wildman–Crippen LogP) is 9.80. The van der Waals surface area contributed by atoms with Gasteiger partial charge < -0.3 is 14.6 Å². The third-order valence-electron chi connectivity index (χ3n) is 8.39. The molecule has 0 aliphatic carbocycles. The van der Waals surface area contributed by atoms with Crippen LogP contribution in [0.1, 0.15) is 140 Å². The molecule has 6 heteroatoms. The number of hydrogen-bond acceptors (Lipinski definition) is 6. The minimum absolute atomic E-state index is 0.132. The van der Waals surface area contributed by atoms with Crippen LogP contribution in [0, 0.1) is 38.5 Å². The third-order valence-corrected chi connectivity index (χ3v) is 9.36. The van der Waals surface area contributed by atoms with Gasteiger partial charge in [-0.05, 0) is 75.7 Å². The number of esters is 2. The molecule has 0 fully saturated rings. The Morgan fingerprint density at radius 1 is 0.825 bits per heavy atom. The molecule has 0 spiro atoms. The summed E-state index contributed by atoms with van der Waals surface area (Å²) in [6.45, 7) is 19.8. The summed E-state index contributed by atoms with van der Waals surface area (Å²) < 4.78 is 11.5. The monoisotopic (exact) mass is 578 g/mol. The molecule has 5 nitrogen and oxygen atoms in total. The molecule has 1 N–H and O–H groups in total. The molecule has 1 rings (SSSR count). The van der Waals surface area contributed by atoms with Gasteiger partial charge in [0, 0.05) is 36.6 Å². The predicted molar refractivity (Wildman–Crippen MR) is 169 cm³/mol. The van der Waals surface area contributed by atoms with Crippen LogP contribution >= 0.6 is 11.8 Å². The fraction of sp³-hybridized carbons (Fsp3) is 0.765. The molecule has 0 heterocycles. The first kappa shape index (κ1) is 36.3. The number of thioether (sulfide) groups is 1. The van der Waals surface area contributed by atoms with Gasteiger partial charge in [-0.15, -0.1) is 0 Å². The quantitative estimate of drug-likeness (QED) is 0.138. The Hall–Kier alpha value is -1.69. The Labute approximate surface area is 249 Å². The first-order valence-corrected chi connectivity index (χ1v) is 16.6. The fourth-order valence-electron chi connectivity index (χ4n) is 5.86. The number of rotatable bonds is 18. The van der Waals surface area contributed by atoms with Gasteiger partial charge in [-0.3, -0.25) is 9.59 Å². The summed E-state index contributed by atoms with van der Waals surface area (Å²) in [4.78, 5) is 24.0. The van der Waals surface area contributed by atoms with Gasteiger partial charge in [0.25, 0.3) is 0 Å². The average molecular weight is 579 g/mol. The lowest BCUT2D eigenvalue weighted by molar-refractivity contribution is -0.156. The van der Waals surface area contributed by atoms with Crippen LogP contribution in [0.2, 0.25) is 0 Å². The Morgan fingerprint density at radius 3 is 1.82 bits per heavy atom. The van der Waals surface area contributed by atoms with Crippen molar-refractivity contribution < 1.29 is 24.2 Å². The zero-order valence-corrected chi connectivity index (χ0v) is 28.2. The summed E-state index contributed by atoms with van der Waals surface area (Å²) in [6.07, 6.45) is 13.2. The number of benzene rings is 1. The molecule has 0 aliphatic rings. The lowest BCUT2D eigenvalue weighted by Crippen LogP contribution is -2.33. The molecular weight excluding hydrogens is 520 g/mol. The topological polar surface area (TPSA) is 72.8 Å². The molecular formula is C34H58O5S. The van der Waals surface area contributed by atoms with E-state index in [1.807, 2.05) is 34.0 Å². The van der Waals surface area contributed by atoms with Crippen molar-refractivity contribution in [3.05, 3.63) is 22.3 Å². The molecule has 40 heavy (non-hydrogen) atoms. The Morgan fingerprint density at radius 2 is 1.35 bits per heavy atom. The van der Waals surface area contributed by atoms with E-state index in [0.29, 0.717) is 23.7 Å². The number of phenolic OH excluding ortho intramolecular Hbond substituents is 1. The molecule has 0 aromatic heterocycles. The highest BCUT2D eigenvalue weighted by molar-refractivity contribution is 7.98. The van der Waals surface area contributed by atoms with E-state index in [1.54, 1.807) is 11.8 Å². The molecule has 230 valence electrons. The van der Waals surface area contributed by atoms with Gasteiger partial charge in [0.05, 0.1) is 0 Å². The molecule has 1 aromatic rings. The van der Waals surface area contributed by atoms with E-state index in [0.717, 1.165) is 47.8 Å². The lowest BCUT2D eigenvalue weighted by atomic mass is 9.86. The molecule has 0 radical (unpaired) electrons. The molecule has 0 amide bonds. The first-order valence-electron chi connectivity index (χ1n) is 15.3. The molecule has 0 bridgehead atoms. The van der Waals surface area contributed by atoms with Crippen LogP contribution < -0.4 is 4.74 Å². The number of aromatic hydroxyl groups is 1. The summed E-state index contributed by atoms with van der Waals surface area (Å²) in [5.74, 6) is 2.29. The van der Waals surface area contributed by atoms with Crippen molar-refractivity contribution in [2.45, 2.75) is 144 Å². The lowest BCUT2D eigenvalue weighted by Gasteiger charge is -2.34. The van der Waals surface area contributed by atoms with E-state index in [-0.39, 0.29) is 22.9 Å². The van der Waals surface area contributed by atoms with E-state index < -0.39 is 5.60 Å². The number of carbonyl (C=O) groups excluding carboxylic acids is 2. The van der Waals surface area contributed by atoms with Crippen molar-refractivity contribution >= 4 is 23.7 Å². The fourth-order valence-corrected chi connectivity index (χ4v) is 6.90. The zero-order valence-electron chi connectivity index (χ0n) is 27.4. The second-order valence-corrected chi connectivity index (χ2v) is 13.9. The third kappa shape index (κ3) is 12.0. The van der Waals surface area contributed by atoms with Gasteiger partial charge >= 0.3 is 11.9 Å². The summed E-state index contributed by atoms with van der Waals surface area (Å²) in [7, 11) is 0. The van der Waals surface area contributed by atoms with Crippen LogP contribution in [0.3, 0.4) is 0 Å². The van der Waals surface area contributed by atoms with Crippen LogP contribution in [-0.4, -0.2) is 28.9 Å². The number of phenols is 1. The van der Waals surface area contributed by atoms with E-state index in [9.17, 15) is 14.7 Å². The number of hydrogen-bond donors (Lipinski definition) is 1. The summed E-state index contributed by atoms with van der Waals surface area (Å²) in [6, 6.07) is 0. The van der Waals surface area contributed by atoms with Crippen LogP contribution in [0.25, 0.3) is 0 Å². The maximum absolute atomic E-state index is 12.2. The van der Waals surface area contributed by atoms with Gasteiger partial charge in [-0.25, -0.2) is 0 Å². The van der Waals surface area contributed by atoms with Crippen molar-refractivity contribution in [2.75, 3.05) is 6.26 Å². The standard InChI is InChI=1S/C34H58O5S/c1-22(2)15-12-16-23(3)17-13-18-24(4)19-14-20-34(10,39-29(9)36)21-30(40-11)31-27(7)33(38-28(8)35)26(6)25(5)32(31)37/h22-24,30,37H,12-21H2,1-11H3/t23-,24-,30?,34-/m1/s1. The number of carbonyl (C=O) groups is 2. The van der Waals surface area contributed by atoms with Crippen molar-refractivity contribution in [3.63, 3.8) is 0 Å². The highest BCUT2D eigenvalue weighted by Crippen LogP contribution is 2.48. The van der Waals surface area contributed by atoms with Crippen LogP contribution in [0.4, 0.5) is 0 Å². The molecule has 1 aromatic carbocycles. The summed E-state index contributed by atoms with van der Waals surface area (Å²) in [5.41, 5.74) is 2.31. The second-order valence-electron chi connectivity index (χ2n) is 12.9. The normalized spacial score (nSPS) is 15.4. The minimum Gasteiger partial charge on any atom is -0.507 e. The smallest absolute Gasteiger partial charge is 0.308 e. The van der Waals surface area contributed by atoms with Gasteiger partial charge in [0.1, 0.15) is 17.1 Å². The van der Waals surface area contributed by atoms with Gasteiger partial charge in [0.15, 0.2) is 0 Å². The Kier molecular flexibility index (Phi) is 15.7. The summed E-state index contributed by atoms with van der Waals surface area (Å²) in [5, 5.41) is 11.0. The number of ether oxygens (including phenoxy) is 2. The summed E-state index contributed by atoms with van der Waals surface area (Å²) >= 11 is 1.62.